The number of halogens is 1. The van der Waals surface area contributed by atoms with E-state index in [4.69, 9.17) is 16.1 Å². The van der Waals surface area contributed by atoms with Crippen LogP contribution in [-0.2, 0) is 5.75 Å². The van der Waals surface area contributed by atoms with Crippen LogP contribution in [0.15, 0.2) is 58.0 Å². The first-order chi connectivity index (χ1) is 14.0. The van der Waals surface area contributed by atoms with Crippen molar-refractivity contribution >= 4 is 34.4 Å². The summed E-state index contributed by atoms with van der Waals surface area (Å²) in [5.74, 6) is 1.07. The second-order valence-electron chi connectivity index (χ2n) is 6.84. The van der Waals surface area contributed by atoms with Gasteiger partial charge in [0.1, 0.15) is 17.0 Å². The molecule has 0 radical (unpaired) electrons. The van der Waals surface area contributed by atoms with Crippen LogP contribution < -0.4 is 0 Å². The molecular weight excluding hydrogens is 406 g/mol. The second-order valence-corrected chi connectivity index (χ2v) is 8.19. The fraction of sp³-hybridized carbons (Fsp3) is 0.227. The highest BCUT2D eigenvalue weighted by Crippen LogP contribution is 2.33. The Balaban J connectivity index is 1.58. The molecule has 148 valence electrons. The smallest absolute Gasteiger partial charge is 0.265 e. The van der Waals surface area contributed by atoms with Gasteiger partial charge >= 0.3 is 0 Å². The van der Waals surface area contributed by atoms with Gasteiger partial charge in [-0.15, -0.1) is 0 Å². The molecule has 2 heterocycles. The number of benzene rings is 2. The van der Waals surface area contributed by atoms with E-state index in [9.17, 15) is 4.79 Å². The van der Waals surface area contributed by atoms with Crippen LogP contribution >= 0.6 is 23.4 Å². The summed E-state index contributed by atoms with van der Waals surface area (Å²) in [7, 11) is 0. The number of thioether (sulfide) groups is 1. The van der Waals surface area contributed by atoms with Gasteiger partial charge in [0.15, 0.2) is 5.17 Å². The Bertz CT molecular complexity index is 1090. The summed E-state index contributed by atoms with van der Waals surface area (Å²) in [5, 5.41) is 5.37. The van der Waals surface area contributed by atoms with Crippen molar-refractivity contribution in [1.29, 1.82) is 0 Å². The van der Waals surface area contributed by atoms with E-state index in [1.165, 1.54) is 11.1 Å². The van der Waals surface area contributed by atoms with Crippen LogP contribution in [0.3, 0.4) is 0 Å². The number of hydrogen-bond acceptors (Lipinski definition) is 5. The molecule has 0 bridgehead atoms. The van der Waals surface area contributed by atoms with E-state index in [-0.39, 0.29) is 5.91 Å². The Morgan fingerprint density at radius 2 is 2.03 bits per heavy atom. The minimum absolute atomic E-state index is 0.160. The normalized spacial score (nSPS) is 13.6. The molecule has 1 aliphatic heterocycles. The first-order valence-electron chi connectivity index (χ1n) is 9.30. The number of aromatic nitrogens is 1. The van der Waals surface area contributed by atoms with Crippen molar-refractivity contribution in [3.63, 3.8) is 0 Å². The fourth-order valence-electron chi connectivity index (χ4n) is 3.28. The maximum absolute atomic E-state index is 13.4. The molecule has 2 aromatic carbocycles. The highest BCUT2D eigenvalue weighted by Gasteiger charge is 2.31. The van der Waals surface area contributed by atoms with Crippen molar-refractivity contribution in [1.82, 2.24) is 10.1 Å². The molecule has 29 heavy (non-hydrogen) atoms. The van der Waals surface area contributed by atoms with Crippen LogP contribution in [0.4, 0.5) is 0 Å². The highest BCUT2D eigenvalue weighted by atomic mass is 35.5. The summed E-state index contributed by atoms with van der Waals surface area (Å²) >= 11 is 7.90. The lowest BCUT2D eigenvalue weighted by atomic mass is 10.1. The zero-order valence-corrected chi connectivity index (χ0v) is 17.8. The molecule has 0 saturated heterocycles. The average molecular weight is 426 g/mol. The third-order valence-corrected chi connectivity index (χ3v) is 6.12. The number of hydrogen-bond donors (Lipinski definition) is 0. The van der Waals surface area contributed by atoms with E-state index in [0.29, 0.717) is 40.7 Å². The second kappa shape index (κ2) is 8.43. The van der Waals surface area contributed by atoms with E-state index in [1.807, 2.05) is 24.3 Å². The number of aliphatic imine (C=N–C) groups is 1. The van der Waals surface area contributed by atoms with Crippen LogP contribution in [0.2, 0.25) is 5.02 Å². The molecule has 7 heteroatoms. The lowest BCUT2D eigenvalue weighted by Crippen LogP contribution is -2.33. The summed E-state index contributed by atoms with van der Waals surface area (Å²) in [6, 6.07) is 15.7. The maximum atomic E-state index is 13.4. The predicted octanol–water partition coefficient (Wildman–Crippen LogP) is 5.36. The van der Waals surface area contributed by atoms with E-state index < -0.39 is 0 Å². The number of amidine groups is 1. The van der Waals surface area contributed by atoms with Gasteiger partial charge in [0, 0.05) is 17.9 Å². The molecule has 0 spiro atoms. The molecular formula is C22H20ClN3O2S. The van der Waals surface area contributed by atoms with Crippen LogP contribution in [0.1, 0.15) is 27.2 Å². The molecule has 5 nitrogen and oxygen atoms in total. The van der Waals surface area contributed by atoms with Crippen LogP contribution in [0.5, 0.6) is 0 Å². The average Bonchev–Trinajstić information content (AvgIpc) is 3.33. The van der Waals surface area contributed by atoms with Crippen molar-refractivity contribution in [3.05, 3.63) is 76.0 Å². The Kier molecular flexibility index (Phi) is 5.74. The lowest BCUT2D eigenvalue weighted by molar-refractivity contribution is 0.0859. The molecule has 0 N–H and O–H groups in total. The van der Waals surface area contributed by atoms with E-state index in [2.05, 4.69) is 35.3 Å². The Hall–Kier alpha value is -2.57. The Morgan fingerprint density at radius 1 is 1.21 bits per heavy atom. The van der Waals surface area contributed by atoms with Crippen LogP contribution in [0.25, 0.3) is 11.3 Å². The molecule has 0 atom stereocenters. The quantitative estimate of drug-likeness (QED) is 0.564. The predicted molar refractivity (Wildman–Crippen MR) is 117 cm³/mol. The lowest BCUT2D eigenvalue weighted by Gasteiger charge is -2.18. The topological polar surface area (TPSA) is 58.7 Å². The third-order valence-electron chi connectivity index (χ3n) is 4.70. The van der Waals surface area contributed by atoms with Gasteiger partial charge in [0.05, 0.1) is 11.6 Å². The van der Waals surface area contributed by atoms with Gasteiger partial charge < -0.3 is 4.52 Å². The molecule has 1 aliphatic rings. The van der Waals surface area contributed by atoms with Gasteiger partial charge in [-0.3, -0.25) is 14.7 Å². The standard InChI is InChI=1S/C22H20ClN3O2S/c1-14-6-5-7-16(12-14)13-29-22-24-10-11-26(22)21(27)19-15(2)28-25-20(19)17-8-3-4-9-18(17)23/h3-9,12H,10-11,13H2,1-2H3. The number of aryl methyl sites for hydroxylation is 2. The molecule has 1 aromatic heterocycles. The fourth-order valence-corrected chi connectivity index (χ4v) is 4.50. The van der Waals surface area contributed by atoms with Crippen molar-refractivity contribution in [2.45, 2.75) is 19.6 Å². The third kappa shape index (κ3) is 4.09. The number of nitrogens with zero attached hydrogens (tertiary/aromatic N) is 3. The summed E-state index contributed by atoms with van der Waals surface area (Å²) in [4.78, 5) is 19.7. The summed E-state index contributed by atoms with van der Waals surface area (Å²) in [5.41, 5.74) is 4.00. The summed E-state index contributed by atoms with van der Waals surface area (Å²) in [6.07, 6.45) is 0. The van der Waals surface area contributed by atoms with Crippen molar-refractivity contribution in [2.24, 2.45) is 4.99 Å². The number of carbonyl (C=O) groups excluding carboxylic acids is 1. The number of rotatable bonds is 4. The highest BCUT2D eigenvalue weighted by molar-refractivity contribution is 8.13. The van der Waals surface area contributed by atoms with Gasteiger partial charge in [-0.2, -0.15) is 0 Å². The molecule has 0 aliphatic carbocycles. The van der Waals surface area contributed by atoms with E-state index >= 15 is 0 Å². The van der Waals surface area contributed by atoms with Crippen molar-refractivity contribution in [2.75, 3.05) is 13.1 Å². The monoisotopic (exact) mass is 425 g/mol. The molecule has 1 amide bonds. The first kappa shape index (κ1) is 19.7. The molecule has 0 fully saturated rings. The van der Waals surface area contributed by atoms with E-state index in [1.54, 1.807) is 29.7 Å². The SMILES string of the molecule is Cc1cccc(CSC2=NCCN2C(=O)c2c(-c3ccccc3Cl)noc2C)c1. The van der Waals surface area contributed by atoms with Crippen molar-refractivity contribution < 1.29 is 9.32 Å². The Morgan fingerprint density at radius 3 is 2.83 bits per heavy atom. The van der Waals surface area contributed by atoms with Gasteiger partial charge in [0.25, 0.3) is 5.91 Å². The molecule has 0 unspecified atom stereocenters. The molecule has 0 saturated carbocycles. The van der Waals surface area contributed by atoms with Gasteiger partial charge in [-0.05, 0) is 25.5 Å². The van der Waals surface area contributed by atoms with Crippen LogP contribution in [-0.4, -0.2) is 34.2 Å². The van der Waals surface area contributed by atoms with Gasteiger partial charge in [-0.1, -0.05) is 76.5 Å². The molecule has 3 aromatic rings. The minimum Gasteiger partial charge on any atom is -0.360 e. The van der Waals surface area contributed by atoms with E-state index in [0.717, 1.165) is 10.9 Å². The first-order valence-corrected chi connectivity index (χ1v) is 10.7. The largest absolute Gasteiger partial charge is 0.360 e. The summed E-state index contributed by atoms with van der Waals surface area (Å²) < 4.78 is 5.36. The Labute approximate surface area is 178 Å². The van der Waals surface area contributed by atoms with Gasteiger partial charge in [0.2, 0.25) is 0 Å². The minimum atomic E-state index is -0.160. The maximum Gasteiger partial charge on any atom is 0.265 e. The number of amides is 1. The van der Waals surface area contributed by atoms with Gasteiger partial charge in [-0.25, -0.2) is 0 Å². The summed E-state index contributed by atoms with van der Waals surface area (Å²) in [6.45, 7) is 4.95. The zero-order chi connectivity index (χ0) is 20.4. The van der Waals surface area contributed by atoms with Crippen molar-refractivity contribution in [3.8, 4) is 11.3 Å². The zero-order valence-electron chi connectivity index (χ0n) is 16.2. The number of carbonyl (C=O) groups is 1. The molecule has 4 rings (SSSR count). The van der Waals surface area contributed by atoms with Crippen LogP contribution in [0, 0.1) is 13.8 Å².